The van der Waals surface area contributed by atoms with Crippen LogP contribution >= 0.6 is 0 Å². The summed E-state index contributed by atoms with van der Waals surface area (Å²) >= 11 is 0. The predicted molar refractivity (Wildman–Crippen MR) is 160 cm³/mol. The second-order valence-electron chi connectivity index (χ2n) is 10.9. The van der Waals surface area contributed by atoms with Crippen molar-refractivity contribution in [3.05, 3.63) is 102 Å². The number of benzene rings is 3. The van der Waals surface area contributed by atoms with Gasteiger partial charge in [0, 0.05) is 0 Å². The van der Waals surface area contributed by atoms with Gasteiger partial charge in [0.1, 0.15) is 5.60 Å². The largest absolute Gasteiger partial charge is 0.380 e. The molecule has 0 fully saturated rings. The van der Waals surface area contributed by atoms with Crippen molar-refractivity contribution in [1.82, 2.24) is 4.57 Å². The Balaban J connectivity index is 1.43. The molecule has 0 amide bonds. The minimum atomic E-state index is -1.16. The van der Waals surface area contributed by atoms with E-state index < -0.39 is 5.60 Å². The first-order chi connectivity index (χ1) is 19.1. The molecule has 0 aliphatic heterocycles. The lowest BCUT2D eigenvalue weighted by Crippen LogP contribution is -2.40. The molecule has 0 bridgehead atoms. The van der Waals surface area contributed by atoms with E-state index >= 15 is 0 Å². The molecule has 3 aromatic carbocycles. The van der Waals surface area contributed by atoms with Gasteiger partial charge in [0.2, 0.25) is 0 Å². The molecule has 0 unspecified atom stereocenters. The van der Waals surface area contributed by atoms with Crippen molar-refractivity contribution < 1.29 is 14.4 Å². The van der Waals surface area contributed by atoms with E-state index in [1.807, 2.05) is 60.7 Å². The number of hydrogen-bond acceptors (Lipinski definition) is 2. The molecule has 1 N–H and O–H groups in total. The molecule has 0 saturated heterocycles. The van der Waals surface area contributed by atoms with Gasteiger partial charge in [0.15, 0.2) is 17.8 Å². The SMILES string of the molecule is CCCCCCCCCCCCOCn1c(CC(O)(c2ccccc2)c2ccccc2)[n+](C)c2ccccc21. The topological polar surface area (TPSA) is 38.3 Å². The maximum absolute atomic E-state index is 12.3. The number of unbranched alkanes of at least 4 members (excludes halogenated alkanes) is 9. The van der Waals surface area contributed by atoms with Crippen molar-refractivity contribution in [3.63, 3.8) is 0 Å². The normalized spacial score (nSPS) is 11.9. The minimum Gasteiger partial charge on any atom is -0.380 e. The molecule has 0 aliphatic rings. The highest BCUT2D eigenvalue weighted by molar-refractivity contribution is 5.72. The lowest BCUT2D eigenvalue weighted by atomic mass is 9.83. The molecule has 4 aromatic rings. The van der Waals surface area contributed by atoms with Crippen molar-refractivity contribution in [3.8, 4) is 0 Å². The van der Waals surface area contributed by atoms with Crippen LogP contribution in [0.1, 0.15) is 88.1 Å². The Morgan fingerprint density at radius 3 is 1.79 bits per heavy atom. The van der Waals surface area contributed by atoms with Crippen LogP contribution in [0.25, 0.3) is 11.0 Å². The maximum atomic E-state index is 12.3. The van der Waals surface area contributed by atoms with E-state index in [4.69, 9.17) is 4.74 Å². The van der Waals surface area contributed by atoms with Gasteiger partial charge >= 0.3 is 0 Å². The summed E-state index contributed by atoms with van der Waals surface area (Å²) in [6.07, 6.45) is 13.6. The Morgan fingerprint density at radius 1 is 0.692 bits per heavy atom. The molecule has 208 valence electrons. The fraction of sp³-hybridized carbons (Fsp3) is 0.457. The second-order valence-corrected chi connectivity index (χ2v) is 10.9. The number of hydrogen-bond donors (Lipinski definition) is 1. The van der Waals surface area contributed by atoms with Crippen LogP contribution in [0, 0.1) is 0 Å². The van der Waals surface area contributed by atoms with Crippen LogP contribution in [0.3, 0.4) is 0 Å². The zero-order valence-electron chi connectivity index (χ0n) is 24.0. The number of nitrogens with zero attached hydrogens (tertiary/aromatic N) is 2. The number of aryl methyl sites for hydroxylation is 1. The lowest BCUT2D eigenvalue weighted by Gasteiger charge is -2.28. The van der Waals surface area contributed by atoms with E-state index in [0.717, 1.165) is 41.0 Å². The molecule has 1 heterocycles. The third-order valence-electron chi connectivity index (χ3n) is 8.01. The molecule has 4 heteroatoms. The van der Waals surface area contributed by atoms with Crippen molar-refractivity contribution in [1.29, 1.82) is 0 Å². The molecule has 0 aliphatic carbocycles. The van der Waals surface area contributed by atoms with E-state index in [9.17, 15) is 5.11 Å². The molecule has 0 atom stereocenters. The Morgan fingerprint density at radius 2 is 1.21 bits per heavy atom. The van der Waals surface area contributed by atoms with Crippen LogP contribution in [0.4, 0.5) is 0 Å². The average Bonchev–Trinajstić information content (AvgIpc) is 3.24. The van der Waals surface area contributed by atoms with Crippen molar-refractivity contribution in [2.75, 3.05) is 6.61 Å². The molecule has 0 saturated carbocycles. The number of aliphatic hydroxyl groups is 1. The fourth-order valence-corrected chi connectivity index (χ4v) is 5.67. The zero-order chi connectivity index (χ0) is 27.3. The van der Waals surface area contributed by atoms with Crippen LogP contribution in [0.2, 0.25) is 0 Å². The number of aromatic nitrogens is 2. The second kappa shape index (κ2) is 15.0. The van der Waals surface area contributed by atoms with Crippen LogP contribution in [-0.2, 0) is 30.5 Å². The minimum absolute atomic E-state index is 0.438. The van der Waals surface area contributed by atoms with E-state index in [1.54, 1.807) is 0 Å². The lowest BCUT2D eigenvalue weighted by molar-refractivity contribution is -0.655. The Labute approximate surface area is 235 Å². The first-order valence-electron chi connectivity index (χ1n) is 15.0. The van der Waals surface area contributed by atoms with Gasteiger partial charge in [-0.3, -0.25) is 0 Å². The van der Waals surface area contributed by atoms with Gasteiger partial charge < -0.3 is 9.84 Å². The molecule has 4 rings (SSSR count). The summed E-state index contributed by atoms with van der Waals surface area (Å²) in [5.41, 5.74) is 2.88. The fourth-order valence-electron chi connectivity index (χ4n) is 5.67. The zero-order valence-corrected chi connectivity index (χ0v) is 24.0. The van der Waals surface area contributed by atoms with E-state index in [-0.39, 0.29) is 0 Å². The molecule has 39 heavy (non-hydrogen) atoms. The van der Waals surface area contributed by atoms with E-state index in [2.05, 4.69) is 47.4 Å². The number of ether oxygens (including phenoxy) is 1. The van der Waals surface area contributed by atoms with Crippen molar-refractivity contribution in [2.24, 2.45) is 7.05 Å². The third kappa shape index (κ3) is 7.58. The van der Waals surface area contributed by atoms with Gasteiger partial charge in [-0.15, -0.1) is 0 Å². The van der Waals surface area contributed by atoms with Crippen LogP contribution in [-0.4, -0.2) is 16.3 Å². The van der Waals surface area contributed by atoms with Gasteiger partial charge in [-0.1, -0.05) is 138 Å². The molecule has 4 nitrogen and oxygen atoms in total. The Hall–Kier alpha value is -2.95. The number of imidazole rings is 1. The number of fused-ring (bicyclic) bond motifs is 1. The summed E-state index contributed by atoms with van der Waals surface area (Å²) in [5.74, 6) is 1.04. The average molecular weight is 528 g/mol. The quantitative estimate of drug-likeness (QED) is 0.112. The van der Waals surface area contributed by atoms with Gasteiger partial charge in [0.25, 0.3) is 5.82 Å². The Bertz CT molecular complexity index is 1210. The number of para-hydroxylation sites is 2. The van der Waals surface area contributed by atoms with E-state index in [0.29, 0.717) is 13.2 Å². The Kier molecular flexibility index (Phi) is 11.2. The summed E-state index contributed by atoms with van der Waals surface area (Å²) in [4.78, 5) is 0. The summed E-state index contributed by atoms with van der Waals surface area (Å²) < 4.78 is 10.7. The molecular formula is C35H47N2O2+. The van der Waals surface area contributed by atoms with Crippen molar-refractivity contribution in [2.45, 2.75) is 89.9 Å². The summed E-state index contributed by atoms with van der Waals surface area (Å²) in [5, 5.41) is 12.3. The van der Waals surface area contributed by atoms with Gasteiger partial charge in [-0.05, 0) is 29.7 Å². The molecule has 0 spiro atoms. The third-order valence-corrected chi connectivity index (χ3v) is 8.01. The van der Waals surface area contributed by atoms with Crippen molar-refractivity contribution >= 4 is 11.0 Å². The standard InChI is InChI=1S/C35H47N2O2/c1-3-4-5-6-7-8-9-10-11-20-27-39-29-37-33-26-19-18-25-32(33)36(2)34(37)28-35(38,30-21-14-12-15-22-30)31-23-16-13-17-24-31/h12-19,21-26,38H,3-11,20,27-29H2,1-2H3/q+1. The van der Waals surface area contributed by atoms with Gasteiger partial charge in [-0.25, -0.2) is 9.13 Å². The van der Waals surface area contributed by atoms with Crippen LogP contribution in [0.5, 0.6) is 0 Å². The first kappa shape index (κ1) is 29.0. The molecular weight excluding hydrogens is 480 g/mol. The van der Waals surface area contributed by atoms with Gasteiger partial charge in [-0.2, -0.15) is 0 Å². The number of rotatable bonds is 17. The van der Waals surface area contributed by atoms with Gasteiger partial charge in [0.05, 0.1) is 20.1 Å². The maximum Gasteiger partial charge on any atom is 0.262 e. The van der Waals surface area contributed by atoms with Crippen LogP contribution < -0.4 is 4.57 Å². The highest BCUT2D eigenvalue weighted by atomic mass is 16.5. The molecule has 0 radical (unpaired) electrons. The summed E-state index contributed by atoms with van der Waals surface area (Å²) in [6.45, 7) is 3.51. The summed E-state index contributed by atoms with van der Waals surface area (Å²) in [6, 6.07) is 28.5. The predicted octanol–water partition coefficient (Wildman–Crippen LogP) is 7.84. The highest BCUT2D eigenvalue weighted by Gasteiger charge is 2.37. The highest BCUT2D eigenvalue weighted by Crippen LogP contribution is 2.33. The molecule has 1 aromatic heterocycles. The van der Waals surface area contributed by atoms with Crippen LogP contribution in [0.15, 0.2) is 84.9 Å². The van der Waals surface area contributed by atoms with E-state index in [1.165, 1.54) is 57.8 Å². The smallest absolute Gasteiger partial charge is 0.262 e. The summed E-state index contributed by atoms with van der Waals surface area (Å²) in [7, 11) is 2.09. The first-order valence-corrected chi connectivity index (χ1v) is 15.0. The monoisotopic (exact) mass is 527 g/mol.